The molecule has 5 heteroatoms. The Bertz CT molecular complexity index is 366. The first kappa shape index (κ1) is 12.2. The van der Waals surface area contributed by atoms with Crippen LogP contribution >= 0.6 is 0 Å². The molecule has 3 N–H and O–H groups in total. The molecule has 1 aliphatic rings. The van der Waals surface area contributed by atoms with Crippen LogP contribution in [0.25, 0.3) is 0 Å². The third-order valence-electron chi connectivity index (χ3n) is 3.08. The van der Waals surface area contributed by atoms with Gasteiger partial charge in [0.05, 0.1) is 5.56 Å². The Balaban J connectivity index is 1.86. The molecular formula is C12H15F3N2. The number of benzene rings is 1. The zero-order valence-corrected chi connectivity index (χ0v) is 9.30. The van der Waals surface area contributed by atoms with Crippen molar-refractivity contribution in [2.24, 2.45) is 11.7 Å². The number of hydrogen-bond acceptors (Lipinski definition) is 2. The number of alkyl halides is 3. The topological polar surface area (TPSA) is 38.0 Å². The van der Waals surface area contributed by atoms with Crippen LogP contribution < -0.4 is 11.1 Å². The highest BCUT2D eigenvalue weighted by Gasteiger charge is 2.30. The predicted molar refractivity (Wildman–Crippen MR) is 60.6 cm³/mol. The second-order valence-corrected chi connectivity index (χ2v) is 4.55. The fourth-order valence-corrected chi connectivity index (χ4v) is 1.99. The van der Waals surface area contributed by atoms with Crippen LogP contribution in [0.2, 0.25) is 0 Å². The highest BCUT2D eigenvalue weighted by Crippen LogP contribution is 2.30. The largest absolute Gasteiger partial charge is 0.416 e. The maximum absolute atomic E-state index is 12.3. The maximum atomic E-state index is 12.3. The highest BCUT2D eigenvalue weighted by atomic mass is 19.4. The molecule has 17 heavy (non-hydrogen) atoms. The molecule has 0 atom stereocenters. The Hall–Kier alpha value is -1.23. The Morgan fingerprint density at radius 1 is 1.18 bits per heavy atom. The van der Waals surface area contributed by atoms with E-state index in [0.717, 1.165) is 37.2 Å². The number of rotatable bonds is 3. The summed E-state index contributed by atoms with van der Waals surface area (Å²) in [6.45, 7) is 0.777. The van der Waals surface area contributed by atoms with Gasteiger partial charge in [0.1, 0.15) is 0 Å². The van der Waals surface area contributed by atoms with E-state index in [1.807, 2.05) is 0 Å². The lowest BCUT2D eigenvalue weighted by Crippen LogP contribution is -2.39. The lowest BCUT2D eigenvalue weighted by atomic mass is 9.81. The van der Waals surface area contributed by atoms with Crippen LogP contribution in [-0.4, -0.2) is 12.6 Å². The molecule has 0 saturated heterocycles. The zero-order valence-electron chi connectivity index (χ0n) is 9.30. The number of nitrogens with two attached hydrogens (primary N) is 1. The fourth-order valence-electron chi connectivity index (χ4n) is 1.99. The van der Waals surface area contributed by atoms with E-state index in [-0.39, 0.29) is 0 Å². The van der Waals surface area contributed by atoms with Gasteiger partial charge in [0, 0.05) is 18.3 Å². The molecule has 1 aliphatic carbocycles. The first-order valence-electron chi connectivity index (χ1n) is 5.62. The van der Waals surface area contributed by atoms with E-state index < -0.39 is 11.7 Å². The second kappa shape index (κ2) is 4.56. The molecule has 2 rings (SSSR count). The van der Waals surface area contributed by atoms with Crippen molar-refractivity contribution >= 4 is 5.69 Å². The van der Waals surface area contributed by atoms with Crippen molar-refractivity contribution in [2.45, 2.75) is 25.1 Å². The standard InChI is InChI=1S/C12H15F3N2/c13-12(14,15)9-1-3-11(4-2-9)17-7-8-5-10(16)6-8/h1-4,8,10,17H,5-7,16H2. The Morgan fingerprint density at radius 3 is 2.24 bits per heavy atom. The summed E-state index contributed by atoms with van der Waals surface area (Å²) in [5.41, 5.74) is 5.76. The monoisotopic (exact) mass is 244 g/mol. The number of nitrogens with one attached hydrogen (secondary N) is 1. The van der Waals surface area contributed by atoms with Gasteiger partial charge in [0.15, 0.2) is 0 Å². The van der Waals surface area contributed by atoms with Gasteiger partial charge in [0.2, 0.25) is 0 Å². The summed E-state index contributed by atoms with van der Waals surface area (Å²) < 4.78 is 36.9. The van der Waals surface area contributed by atoms with Crippen molar-refractivity contribution in [1.82, 2.24) is 0 Å². The van der Waals surface area contributed by atoms with Crippen molar-refractivity contribution in [3.63, 3.8) is 0 Å². The molecule has 0 bridgehead atoms. The summed E-state index contributed by atoms with van der Waals surface area (Å²) in [6.07, 6.45) is -2.28. The number of anilines is 1. The minimum atomic E-state index is -4.26. The molecule has 1 aromatic carbocycles. The van der Waals surface area contributed by atoms with Crippen molar-refractivity contribution in [2.75, 3.05) is 11.9 Å². The smallest absolute Gasteiger partial charge is 0.385 e. The van der Waals surface area contributed by atoms with Crippen molar-refractivity contribution in [3.05, 3.63) is 29.8 Å². The van der Waals surface area contributed by atoms with E-state index in [4.69, 9.17) is 5.73 Å². The maximum Gasteiger partial charge on any atom is 0.416 e. The SMILES string of the molecule is NC1CC(CNc2ccc(C(F)(F)F)cc2)C1. The molecule has 2 nitrogen and oxygen atoms in total. The first-order chi connectivity index (χ1) is 7.95. The van der Waals surface area contributed by atoms with Crippen LogP contribution in [0.5, 0.6) is 0 Å². The average molecular weight is 244 g/mol. The van der Waals surface area contributed by atoms with Crippen molar-refractivity contribution in [1.29, 1.82) is 0 Å². The molecule has 0 spiro atoms. The molecule has 0 amide bonds. The van der Waals surface area contributed by atoms with Crippen molar-refractivity contribution < 1.29 is 13.2 Å². The van der Waals surface area contributed by atoms with E-state index in [0.29, 0.717) is 12.0 Å². The van der Waals surface area contributed by atoms with Crippen LogP contribution in [-0.2, 0) is 6.18 Å². The van der Waals surface area contributed by atoms with Gasteiger partial charge in [-0.3, -0.25) is 0 Å². The molecule has 1 aromatic rings. The fraction of sp³-hybridized carbons (Fsp3) is 0.500. The van der Waals surface area contributed by atoms with Gasteiger partial charge in [-0.25, -0.2) is 0 Å². The Labute approximate surface area is 98.0 Å². The normalized spacial score (nSPS) is 24.2. The molecule has 0 unspecified atom stereocenters. The third kappa shape index (κ3) is 3.12. The van der Waals surface area contributed by atoms with Crippen molar-refractivity contribution in [3.8, 4) is 0 Å². The summed E-state index contributed by atoms with van der Waals surface area (Å²) >= 11 is 0. The van der Waals surface area contributed by atoms with E-state index in [1.165, 1.54) is 12.1 Å². The summed E-state index contributed by atoms with van der Waals surface area (Å²) in [5, 5.41) is 3.12. The van der Waals surface area contributed by atoms with Crippen LogP contribution in [0.4, 0.5) is 18.9 Å². The lowest BCUT2D eigenvalue weighted by molar-refractivity contribution is -0.137. The molecule has 0 aromatic heterocycles. The first-order valence-corrected chi connectivity index (χ1v) is 5.62. The Kier molecular flexibility index (Phi) is 3.28. The van der Waals surface area contributed by atoms with Gasteiger partial charge in [-0.2, -0.15) is 13.2 Å². The number of halogens is 3. The molecule has 0 heterocycles. The van der Waals surface area contributed by atoms with Gasteiger partial charge in [-0.05, 0) is 43.0 Å². The summed E-state index contributed by atoms with van der Waals surface area (Å²) in [4.78, 5) is 0. The van der Waals surface area contributed by atoms with Crippen LogP contribution in [0.1, 0.15) is 18.4 Å². The average Bonchev–Trinajstić information content (AvgIpc) is 2.22. The molecule has 94 valence electrons. The van der Waals surface area contributed by atoms with E-state index in [2.05, 4.69) is 5.32 Å². The van der Waals surface area contributed by atoms with Gasteiger partial charge in [-0.1, -0.05) is 0 Å². The second-order valence-electron chi connectivity index (χ2n) is 4.55. The quantitative estimate of drug-likeness (QED) is 0.858. The summed E-state index contributed by atoms with van der Waals surface area (Å²) in [7, 11) is 0. The minimum absolute atomic E-state index is 0.300. The lowest BCUT2D eigenvalue weighted by Gasteiger charge is -2.32. The molecular weight excluding hydrogens is 229 g/mol. The van der Waals surface area contributed by atoms with Gasteiger partial charge in [-0.15, -0.1) is 0 Å². The van der Waals surface area contributed by atoms with Crippen LogP contribution in [0.3, 0.4) is 0 Å². The van der Waals surface area contributed by atoms with E-state index in [9.17, 15) is 13.2 Å². The van der Waals surface area contributed by atoms with E-state index >= 15 is 0 Å². The summed E-state index contributed by atoms with van der Waals surface area (Å²) in [5.74, 6) is 0.548. The minimum Gasteiger partial charge on any atom is -0.385 e. The van der Waals surface area contributed by atoms with Crippen LogP contribution in [0, 0.1) is 5.92 Å². The number of hydrogen-bond donors (Lipinski definition) is 2. The van der Waals surface area contributed by atoms with Gasteiger partial charge in [0.25, 0.3) is 0 Å². The summed E-state index contributed by atoms with van der Waals surface area (Å²) in [6, 6.07) is 5.40. The van der Waals surface area contributed by atoms with Gasteiger partial charge >= 0.3 is 6.18 Å². The molecule has 0 radical (unpaired) electrons. The molecule has 1 fully saturated rings. The zero-order chi connectivity index (χ0) is 12.5. The third-order valence-corrected chi connectivity index (χ3v) is 3.08. The highest BCUT2D eigenvalue weighted by molar-refractivity contribution is 5.45. The molecule has 1 saturated carbocycles. The Morgan fingerprint density at radius 2 is 1.76 bits per heavy atom. The van der Waals surface area contributed by atoms with Gasteiger partial charge < -0.3 is 11.1 Å². The van der Waals surface area contributed by atoms with Crippen LogP contribution in [0.15, 0.2) is 24.3 Å². The predicted octanol–water partition coefficient (Wildman–Crippen LogP) is 2.85. The van der Waals surface area contributed by atoms with E-state index in [1.54, 1.807) is 0 Å². The molecule has 0 aliphatic heterocycles.